The molecule has 1 aliphatic carbocycles. The first-order chi connectivity index (χ1) is 14.4. The molecular formula is C26H43N3O. The highest BCUT2D eigenvalue weighted by molar-refractivity contribution is 5.97. The molecule has 0 spiro atoms. The van der Waals surface area contributed by atoms with E-state index in [2.05, 4.69) is 38.3 Å². The van der Waals surface area contributed by atoms with Crippen LogP contribution in [0.5, 0.6) is 0 Å². The molecule has 0 radical (unpaired) electrons. The van der Waals surface area contributed by atoms with Crippen LogP contribution in [0.2, 0.25) is 0 Å². The molecule has 0 aromatic heterocycles. The van der Waals surface area contributed by atoms with Crippen molar-refractivity contribution in [2.75, 3.05) is 13.1 Å². The number of hydrogen-bond donors (Lipinski definition) is 2. The van der Waals surface area contributed by atoms with E-state index in [0.29, 0.717) is 29.9 Å². The molecule has 0 bridgehead atoms. The minimum Gasteiger partial charge on any atom is -0.347 e. The average molecular weight is 414 g/mol. The van der Waals surface area contributed by atoms with Gasteiger partial charge in [0, 0.05) is 11.3 Å². The summed E-state index contributed by atoms with van der Waals surface area (Å²) in [6.07, 6.45) is 9.94. The summed E-state index contributed by atoms with van der Waals surface area (Å²) in [4.78, 5) is 17.7. The standard InChI is InChI=1S/C26H43N3O/c1-20(2)15-16-27-25(17-21(3)4)29-24(18-22-11-7-5-8-12-22)19-28-26(30)23-13-9-6-10-14-23/h6,9-10,13-14,20-22,25,27H,5,7-8,11-12,15-19H2,1-4H3,(H,28,30)/b29-24+/t25-/m1/s1. The van der Waals surface area contributed by atoms with Crippen molar-refractivity contribution in [3.63, 3.8) is 0 Å². The monoisotopic (exact) mass is 413 g/mol. The minimum absolute atomic E-state index is 0.0138. The van der Waals surface area contributed by atoms with Crippen molar-refractivity contribution >= 4 is 11.6 Å². The number of aliphatic imine (C=N–C) groups is 1. The molecule has 4 nitrogen and oxygen atoms in total. The lowest BCUT2D eigenvalue weighted by Crippen LogP contribution is -2.35. The van der Waals surface area contributed by atoms with E-state index in [1.165, 1.54) is 32.1 Å². The van der Waals surface area contributed by atoms with Crippen LogP contribution in [0.15, 0.2) is 35.3 Å². The van der Waals surface area contributed by atoms with Gasteiger partial charge in [0.2, 0.25) is 0 Å². The van der Waals surface area contributed by atoms with Crippen LogP contribution >= 0.6 is 0 Å². The predicted octanol–water partition coefficient (Wildman–Crippen LogP) is 5.84. The number of rotatable bonds is 12. The molecule has 1 amide bonds. The van der Waals surface area contributed by atoms with Crippen molar-refractivity contribution < 1.29 is 4.79 Å². The summed E-state index contributed by atoms with van der Waals surface area (Å²) in [5, 5.41) is 6.79. The maximum Gasteiger partial charge on any atom is 0.251 e. The Morgan fingerprint density at radius 1 is 1.03 bits per heavy atom. The molecule has 0 saturated heterocycles. The smallest absolute Gasteiger partial charge is 0.251 e. The fraction of sp³-hybridized carbons (Fsp3) is 0.692. The summed E-state index contributed by atoms with van der Waals surface area (Å²) in [5.74, 6) is 1.97. The molecule has 1 atom stereocenters. The Labute approximate surface area is 184 Å². The van der Waals surface area contributed by atoms with Gasteiger partial charge in [-0.15, -0.1) is 0 Å². The first-order valence-corrected chi connectivity index (χ1v) is 12.1. The second kappa shape index (κ2) is 13.6. The quantitative estimate of drug-likeness (QED) is 0.423. The van der Waals surface area contributed by atoms with Crippen LogP contribution in [0.4, 0.5) is 0 Å². The van der Waals surface area contributed by atoms with Crippen molar-refractivity contribution in [2.24, 2.45) is 22.7 Å². The van der Waals surface area contributed by atoms with Crippen molar-refractivity contribution in [3.8, 4) is 0 Å². The van der Waals surface area contributed by atoms with Crippen molar-refractivity contribution in [1.29, 1.82) is 0 Å². The van der Waals surface area contributed by atoms with Gasteiger partial charge in [-0.25, -0.2) is 0 Å². The normalized spacial score (nSPS) is 16.8. The molecule has 0 heterocycles. The molecule has 1 saturated carbocycles. The summed E-state index contributed by atoms with van der Waals surface area (Å²) in [6, 6.07) is 9.48. The molecule has 2 N–H and O–H groups in total. The number of hydrogen-bond acceptors (Lipinski definition) is 3. The topological polar surface area (TPSA) is 53.5 Å². The molecule has 1 aromatic carbocycles. The summed E-state index contributed by atoms with van der Waals surface area (Å²) < 4.78 is 0. The molecule has 168 valence electrons. The van der Waals surface area contributed by atoms with E-state index in [-0.39, 0.29) is 12.1 Å². The highest BCUT2D eigenvalue weighted by Gasteiger charge is 2.18. The van der Waals surface area contributed by atoms with Gasteiger partial charge in [-0.2, -0.15) is 0 Å². The van der Waals surface area contributed by atoms with Crippen LogP contribution in [0.1, 0.15) is 89.4 Å². The fourth-order valence-corrected chi connectivity index (χ4v) is 4.16. The molecule has 0 aliphatic heterocycles. The Kier molecular flexibility index (Phi) is 11.1. The van der Waals surface area contributed by atoms with Gasteiger partial charge in [0.05, 0.1) is 12.7 Å². The van der Waals surface area contributed by atoms with E-state index in [4.69, 9.17) is 4.99 Å². The van der Waals surface area contributed by atoms with Crippen molar-refractivity contribution in [3.05, 3.63) is 35.9 Å². The van der Waals surface area contributed by atoms with Crippen LogP contribution in [-0.4, -0.2) is 30.9 Å². The highest BCUT2D eigenvalue weighted by Crippen LogP contribution is 2.27. The highest BCUT2D eigenvalue weighted by atomic mass is 16.1. The van der Waals surface area contributed by atoms with E-state index in [1.807, 2.05) is 30.3 Å². The SMILES string of the molecule is CC(C)CCN[C@@H](CC(C)C)/N=C(/CNC(=O)c1ccccc1)CC1CCCCC1. The number of carbonyl (C=O) groups is 1. The number of carbonyl (C=O) groups excluding carboxylic acids is 1. The molecular weight excluding hydrogens is 370 g/mol. The Morgan fingerprint density at radius 3 is 2.37 bits per heavy atom. The largest absolute Gasteiger partial charge is 0.347 e. The lowest BCUT2D eigenvalue weighted by Gasteiger charge is -2.24. The van der Waals surface area contributed by atoms with Gasteiger partial charge in [0.15, 0.2) is 0 Å². The van der Waals surface area contributed by atoms with E-state index >= 15 is 0 Å². The van der Waals surface area contributed by atoms with Gasteiger partial charge < -0.3 is 5.32 Å². The summed E-state index contributed by atoms with van der Waals surface area (Å²) in [6.45, 7) is 10.6. The Balaban J connectivity index is 2.06. The maximum absolute atomic E-state index is 12.6. The van der Waals surface area contributed by atoms with Crippen LogP contribution in [0, 0.1) is 17.8 Å². The van der Waals surface area contributed by atoms with Crippen molar-refractivity contribution in [1.82, 2.24) is 10.6 Å². The van der Waals surface area contributed by atoms with E-state index < -0.39 is 0 Å². The maximum atomic E-state index is 12.6. The molecule has 1 aromatic rings. The number of nitrogens with one attached hydrogen (secondary N) is 2. The van der Waals surface area contributed by atoms with Crippen molar-refractivity contribution in [2.45, 2.75) is 85.2 Å². The minimum atomic E-state index is -0.0138. The van der Waals surface area contributed by atoms with Gasteiger partial charge in [-0.05, 0) is 55.7 Å². The third kappa shape index (κ3) is 9.88. The van der Waals surface area contributed by atoms with Gasteiger partial charge in [-0.1, -0.05) is 78.0 Å². The molecule has 2 rings (SSSR count). The fourth-order valence-electron chi connectivity index (χ4n) is 4.16. The predicted molar refractivity (Wildman–Crippen MR) is 128 cm³/mol. The lowest BCUT2D eigenvalue weighted by molar-refractivity contribution is 0.0959. The summed E-state index contributed by atoms with van der Waals surface area (Å²) in [7, 11) is 0. The molecule has 1 aliphatic rings. The number of amides is 1. The van der Waals surface area contributed by atoms with Crippen LogP contribution in [0.25, 0.3) is 0 Å². The van der Waals surface area contributed by atoms with E-state index in [1.54, 1.807) is 0 Å². The van der Waals surface area contributed by atoms with E-state index in [0.717, 1.165) is 31.5 Å². The first kappa shape index (κ1) is 24.6. The first-order valence-electron chi connectivity index (χ1n) is 12.1. The lowest BCUT2D eigenvalue weighted by atomic mass is 9.85. The Morgan fingerprint density at radius 2 is 1.73 bits per heavy atom. The third-order valence-corrected chi connectivity index (χ3v) is 5.87. The summed E-state index contributed by atoms with van der Waals surface area (Å²) >= 11 is 0. The number of nitrogens with zero attached hydrogens (tertiary/aromatic N) is 1. The molecule has 0 unspecified atom stereocenters. The second-order valence-electron chi connectivity index (χ2n) is 9.73. The Bertz CT molecular complexity index is 633. The van der Waals surface area contributed by atoms with Gasteiger partial charge in [0.25, 0.3) is 5.91 Å². The van der Waals surface area contributed by atoms with Crippen LogP contribution in [-0.2, 0) is 0 Å². The second-order valence-corrected chi connectivity index (χ2v) is 9.73. The Hall–Kier alpha value is -1.68. The zero-order valence-electron chi connectivity index (χ0n) is 19.6. The van der Waals surface area contributed by atoms with Gasteiger partial charge >= 0.3 is 0 Å². The van der Waals surface area contributed by atoms with Crippen LogP contribution in [0.3, 0.4) is 0 Å². The number of benzene rings is 1. The zero-order chi connectivity index (χ0) is 21.8. The van der Waals surface area contributed by atoms with E-state index in [9.17, 15) is 4.79 Å². The average Bonchev–Trinajstić information content (AvgIpc) is 2.72. The molecule has 30 heavy (non-hydrogen) atoms. The molecule has 4 heteroatoms. The third-order valence-electron chi connectivity index (χ3n) is 5.87. The van der Waals surface area contributed by atoms with Gasteiger partial charge in [-0.3, -0.25) is 15.1 Å². The summed E-state index contributed by atoms with van der Waals surface area (Å²) in [5.41, 5.74) is 1.86. The van der Waals surface area contributed by atoms with Gasteiger partial charge in [0.1, 0.15) is 0 Å². The van der Waals surface area contributed by atoms with Crippen LogP contribution < -0.4 is 10.6 Å². The zero-order valence-corrected chi connectivity index (χ0v) is 19.6. The molecule has 1 fully saturated rings.